The largest absolute Gasteiger partial charge is 0.497 e. The van der Waals surface area contributed by atoms with Gasteiger partial charge in [0.25, 0.3) is 0 Å². The van der Waals surface area contributed by atoms with Crippen LogP contribution in [-0.4, -0.2) is 38.6 Å². The van der Waals surface area contributed by atoms with E-state index in [1.807, 2.05) is 24.3 Å². The summed E-state index contributed by atoms with van der Waals surface area (Å²) in [4.78, 5) is 23.8. The van der Waals surface area contributed by atoms with Crippen LogP contribution in [0.15, 0.2) is 24.3 Å². The fourth-order valence-electron chi connectivity index (χ4n) is 2.77. The van der Waals surface area contributed by atoms with Gasteiger partial charge in [-0.25, -0.2) is 0 Å². The van der Waals surface area contributed by atoms with E-state index in [2.05, 4.69) is 10.6 Å². The predicted octanol–water partition coefficient (Wildman–Crippen LogP) is 1.56. The third-order valence-electron chi connectivity index (χ3n) is 4.09. The quantitative estimate of drug-likeness (QED) is 0.780. The lowest BCUT2D eigenvalue weighted by molar-refractivity contribution is -0.139. The van der Waals surface area contributed by atoms with Gasteiger partial charge in [-0.15, -0.1) is 0 Å². The van der Waals surface area contributed by atoms with E-state index in [9.17, 15) is 9.59 Å². The lowest BCUT2D eigenvalue weighted by Gasteiger charge is -2.17. The van der Waals surface area contributed by atoms with Crippen LogP contribution in [0.4, 0.5) is 0 Å². The Morgan fingerprint density at radius 2 is 1.96 bits per heavy atom. The van der Waals surface area contributed by atoms with Crippen LogP contribution in [-0.2, 0) is 14.3 Å². The Morgan fingerprint density at radius 1 is 1.22 bits per heavy atom. The number of benzene rings is 1. The SMILES string of the molecule is COc1cccc(C(CNC(=O)C(=O)NC2CCCC2)OC)c1. The average molecular weight is 320 g/mol. The zero-order valence-electron chi connectivity index (χ0n) is 13.6. The van der Waals surface area contributed by atoms with Crippen molar-refractivity contribution in [1.29, 1.82) is 0 Å². The molecule has 1 aliphatic rings. The molecule has 0 aliphatic heterocycles. The molecule has 1 aromatic carbocycles. The highest BCUT2D eigenvalue weighted by Gasteiger charge is 2.22. The molecule has 1 unspecified atom stereocenters. The fourth-order valence-corrected chi connectivity index (χ4v) is 2.77. The van der Waals surface area contributed by atoms with E-state index < -0.39 is 11.8 Å². The minimum absolute atomic E-state index is 0.129. The molecule has 23 heavy (non-hydrogen) atoms. The van der Waals surface area contributed by atoms with Gasteiger partial charge in [0, 0.05) is 19.7 Å². The smallest absolute Gasteiger partial charge is 0.309 e. The van der Waals surface area contributed by atoms with Crippen molar-refractivity contribution in [3.05, 3.63) is 29.8 Å². The Morgan fingerprint density at radius 3 is 2.61 bits per heavy atom. The number of amides is 2. The van der Waals surface area contributed by atoms with Crippen molar-refractivity contribution in [2.75, 3.05) is 20.8 Å². The molecular formula is C17H24N2O4. The molecular weight excluding hydrogens is 296 g/mol. The van der Waals surface area contributed by atoms with Crippen LogP contribution in [0.3, 0.4) is 0 Å². The maximum atomic E-state index is 11.9. The monoisotopic (exact) mass is 320 g/mol. The van der Waals surface area contributed by atoms with E-state index in [-0.39, 0.29) is 18.7 Å². The Hall–Kier alpha value is -2.08. The van der Waals surface area contributed by atoms with E-state index in [0.717, 1.165) is 37.0 Å². The van der Waals surface area contributed by atoms with E-state index >= 15 is 0 Å². The molecule has 2 rings (SSSR count). The van der Waals surface area contributed by atoms with E-state index in [0.29, 0.717) is 0 Å². The number of hydrogen-bond acceptors (Lipinski definition) is 4. The highest BCUT2D eigenvalue weighted by molar-refractivity contribution is 6.35. The van der Waals surface area contributed by atoms with Gasteiger partial charge in [-0.05, 0) is 30.5 Å². The molecule has 6 nitrogen and oxygen atoms in total. The summed E-state index contributed by atoms with van der Waals surface area (Å²) in [5, 5.41) is 5.39. The Kier molecular flexibility index (Phi) is 6.40. The molecule has 1 aliphatic carbocycles. The van der Waals surface area contributed by atoms with Crippen LogP contribution >= 0.6 is 0 Å². The standard InChI is InChI=1S/C17H24N2O4/c1-22-14-9-5-6-12(10-14)15(23-2)11-18-16(20)17(21)19-13-7-3-4-8-13/h5-6,9-10,13,15H,3-4,7-8,11H2,1-2H3,(H,18,20)(H,19,21). The van der Waals surface area contributed by atoms with Gasteiger partial charge in [-0.2, -0.15) is 0 Å². The van der Waals surface area contributed by atoms with Crippen molar-refractivity contribution in [3.63, 3.8) is 0 Å². The third kappa shape index (κ3) is 4.96. The van der Waals surface area contributed by atoms with Crippen molar-refractivity contribution in [1.82, 2.24) is 10.6 Å². The van der Waals surface area contributed by atoms with Crippen molar-refractivity contribution in [2.24, 2.45) is 0 Å². The Bertz CT molecular complexity index is 541. The molecule has 2 amide bonds. The van der Waals surface area contributed by atoms with Crippen LogP contribution in [0, 0.1) is 0 Å². The first-order valence-electron chi connectivity index (χ1n) is 7.89. The molecule has 1 saturated carbocycles. The highest BCUT2D eigenvalue weighted by atomic mass is 16.5. The van der Waals surface area contributed by atoms with Gasteiger partial charge in [0.15, 0.2) is 0 Å². The fraction of sp³-hybridized carbons (Fsp3) is 0.529. The van der Waals surface area contributed by atoms with Crippen molar-refractivity contribution >= 4 is 11.8 Å². The summed E-state index contributed by atoms with van der Waals surface area (Å²) in [7, 11) is 3.16. The number of nitrogens with one attached hydrogen (secondary N) is 2. The first kappa shape index (κ1) is 17.3. The second-order valence-electron chi connectivity index (χ2n) is 5.67. The Labute approximate surface area is 136 Å². The predicted molar refractivity (Wildman–Crippen MR) is 86.2 cm³/mol. The number of hydrogen-bond donors (Lipinski definition) is 2. The van der Waals surface area contributed by atoms with Crippen LogP contribution < -0.4 is 15.4 Å². The van der Waals surface area contributed by atoms with Crippen LogP contribution in [0.1, 0.15) is 37.4 Å². The molecule has 6 heteroatoms. The zero-order chi connectivity index (χ0) is 16.7. The van der Waals surface area contributed by atoms with Crippen molar-refractivity contribution in [2.45, 2.75) is 37.8 Å². The minimum Gasteiger partial charge on any atom is -0.497 e. The number of methoxy groups -OCH3 is 2. The molecule has 126 valence electrons. The molecule has 0 spiro atoms. The molecule has 0 bridgehead atoms. The van der Waals surface area contributed by atoms with Crippen molar-refractivity contribution in [3.8, 4) is 5.75 Å². The van der Waals surface area contributed by atoms with Gasteiger partial charge in [0.05, 0.1) is 13.2 Å². The maximum Gasteiger partial charge on any atom is 0.309 e. The topological polar surface area (TPSA) is 76.7 Å². The zero-order valence-corrected chi connectivity index (χ0v) is 13.6. The number of carbonyl (C=O) groups excluding carboxylic acids is 2. The molecule has 0 aromatic heterocycles. The van der Waals surface area contributed by atoms with Gasteiger partial charge in [-0.1, -0.05) is 25.0 Å². The average Bonchev–Trinajstić information content (AvgIpc) is 3.08. The number of ether oxygens (including phenoxy) is 2. The normalized spacial score (nSPS) is 15.9. The summed E-state index contributed by atoms with van der Waals surface area (Å²) in [5.41, 5.74) is 0.878. The van der Waals surface area contributed by atoms with Crippen molar-refractivity contribution < 1.29 is 19.1 Å². The second kappa shape index (κ2) is 8.53. The molecule has 1 fully saturated rings. The summed E-state index contributed by atoms with van der Waals surface area (Å²) in [6.45, 7) is 0.223. The third-order valence-corrected chi connectivity index (χ3v) is 4.09. The van der Waals surface area contributed by atoms with Gasteiger partial charge in [0.2, 0.25) is 0 Å². The molecule has 1 aromatic rings. The minimum atomic E-state index is -0.623. The van der Waals surface area contributed by atoms with Crippen LogP contribution in [0.25, 0.3) is 0 Å². The van der Waals surface area contributed by atoms with E-state index in [1.54, 1.807) is 14.2 Å². The number of rotatable bonds is 6. The first-order chi connectivity index (χ1) is 11.1. The van der Waals surface area contributed by atoms with Gasteiger partial charge < -0.3 is 20.1 Å². The van der Waals surface area contributed by atoms with E-state index in [1.165, 1.54) is 0 Å². The summed E-state index contributed by atoms with van der Waals surface area (Å²) in [5.74, 6) is -0.478. The molecule has 0 saturated heterocycles. The summed E-state index contributed by atoms with van der Waals surface area (Å²) in [6.07, 6.45) is 3.77. The lowest BCUT2D eigenvalue weighted by Crippen LogP contribution is -2.44. The van der Waals surface area contributed by atoms with E-state index in [4.69, 9.17) is 9.47 Å². The molecule has 2 N–H and O–H groups in total. The first-order valence-corrected chi connectivity index (χ1v) is 7.89. The lowest BCUT2D eigenvalue weighted by atomic mass is 10.1. The van der Waals surface area contributed by atoms with Gasteiger partial charge >= 0.3 is 11.8 Å². The molecule has 0 radical (unpaired) electrons. The summed E-state index contributed by atoms with van der Waals surface area (Å²) in [6, 6.07) is 7.56. The molecule has 1 atom stereocenters. The van der Waals surface area contributed by atoms with Gasteiger partial charge in [0.1, 0.15) is 5.75 Å². The Balaban J connectivity index is 1.86. The summed E-state index contributed by atoms with van der Waals surface area (Å²) >= 11 is 0. The summed E-state index contributed by atoms with van der Waals surface area (Å²) < 4.78 is 10.6. The second-order valence-corrected chi connectivity index (χ2v) is 5.67. The maximum absolute atomic E-state index is 11.9. The molecule has 0 heterocycles. The highest BCUT2D eigenvalue weighted by Crippen LogP contribution is 2.21. The van der Waals surface area contributed by atoms with Gasteiger partial charge in [-0.3, -0.25) is 9.59 Å². The number of carbonyl (C=O) groups is 2. The van der Waals surface area contributed by atoms with Crippen LogP contribution in [0.5, 0.6) is 5.75 Å². The van der Waals surface area contributed by atoms with Crippen LogP contribution in [0.2, 0.25) is 0 Å².